The molecule has 0 aliphatic carbocycles. The van der Waals surface area contributed by atoms with Crippen LogP contribution >= 0.6 is 35.7 Å². The predicted molar refractivity (Wildman–Crippen MR) is 133 cm³/mol. The largest absolute Gasteiger partial charge is 0.355 e. The highest BCUT2D eigenvalue weighted by Crippen LogP contribution is 2.22. The van der Waals surface area contributed by atoms with Crippen LogP contribution < -0.4 is 15.5 Å². The molecule has 1 unspecified atom stereocenters. The molecular formula is C22H29IN4OS. The molecule has 1 amide bonds. The molecule has 5 nitrogen and oxygen atoms in total. The second-order valence-corrected chi connectivity index (χ2v) is 8.38. The lowest BCUT2D eigenvalue weighted by Gasteiger charge is -2.17. The van der Waals surface area contributed by atoms with Crippen molar-refractivity contribution in [3.63, 3.8) is 0 Å². The molecule has 0 aromatic heterocycles. The van der Waals surface area contributed by atoms with Crippen molar-refractivity contribution >= 4 is 53.3 Å². The quantitative estimate of drug-likeness (QED) is 0.246. The van der Waals surface area contributed by atoms with E-state index in [0.29, 0.717) is 18.2 Å². The molecule has 29 heavy (non-hydrogen) atoms. The number of nitrogens with zero attached hydrogens (tertiary/aromatic N) is 2. The average molecular weight is 524 g/mol. The van der Waals surface area contributed by atoms with Crippen LogP contribution in [0.15, 0.2) is 64.5 Å². The molecule has 0 radical (unpaired) electrons. The van der Waals surface area contributed by atoms with Gasteiger partial charge in [-0.1, -0.05) is 37.3 Å². The summed E-state index contributed by atoms with van der Waals surface area (Å²) < 4.78 is 0. The minimum atomic E-state index is 0. The van der Waals surface area contributed by atoms with E-state index in [4.69, 9.17) is 0 Å². The van der Waals surface area contributed by atoms with Gasteiger partial charge < -0.3 is 15.5 Å². The Hall–Kier alpha value is -1.74. The highest BCUT2D eigenvalue weighted by molar-refractivity contribution is 14.0. The number of thioether (sulfide) groups is 1. The van der Waals surface area contributed by atoms with Crippen LogP contribution in [0.3, 0.4) is 0 Å². The van der Waals surface area contributed by atoms with Crippen molar-refractivity contribution in [2.45, 2.75) is 36.5 Å². The number of benzene rings is 2. The Kier molecular flexibility index (Phi) is 9.80. The van der Waals surface area contributed by atoms with Gasteiger partial charge in [-0.15, -0.1) is 35.7 Å². The van der Waals surface area contributed by atoms with Gasteiger partial charge in [0, 0.05) is 48.9 Å². The molecule has 2 aromatic rings. The van der Waals surface area contributed by atoms with E-state index in [-0.39, 0.29) is 29.9 Å². The van der Waals surface area contributed by atoms with E-state index in [2.05, 4.69) is 58.9 Å². The predicted octanol–water partition coefficient (Wildman–Crippen LogP) is 4.28. The van der Waals surface area contributed by atoms with E-state index in [0.717, 1.165) is 36.7 Å². The summed E-state index contributed by atoms with van der Waals surface area (Å²) in [7, 11) is 1.78. The highest BCUT2D eigenvalue weighted by Gasteiger charge is 2.21. The molecule has 0 spiro atoms. The number of amides is 1. The Morgan fingerprint density at radius 1 is 1.14 bits per heavy atom. The van der Waals surface area contributed by atoms with E-state index in [1.165, 1.54) is 4.90 Å². The number of halogens is 1. The number of rotatable bonds is 7. The first kappa shape index (κ1) is 23.5. The Balaban J connectivity index is 0.00000300. The maximum Gasteiger partial charge on any atom is 0.227 e. The van der Waals surface area contributed by atoms with Gasteiger partial charge >= 0.3 is 0 Å². The van der Waals surface area contributed by atoms with Crippen LogP contribution in [0.1, 0.15) is 25.3 Å². The van der Waals surface area contributed by atoms with E-state index >= 15 is 0 Å². The molecule has 0 saturated carbocycles. The molecule has 0 bridgehead atoms. The Bertz CT molecular complexity index is 798. The number of anilines is 1. The van der Waals surface area contributed by atoms with Crippen LogP contribution in [0.5, 0.6) is 0 Å². The monoisotopic (exact) mass is 524 g/mol. The summed E-state index contributed by atoms with van der Waals surface area (Å²) in [5, 5.41) is 7.17. The molecule has 1 heterocycles. The van der Waals surface area contributed by atoms with Crippen molar-refractivity contribution in [3.05, 3.63) is 60.2 Å². The number of nitrogens with one attached hydrogen (secondary N) is 2. The summed E-state index contributed by atoms with van der Waals surface area (Å²) in [5.74, 6) is 1.01. The zero-order valence-electron chi connectivity index (χ0n) is 16.9. The van der Waals surface area contributed by atoms with Gasteiger partial charge in [-0.05, 0) is 36.2 Å². The third-order valence-corrected chi connectivity index (χ3v) is 5.76. The molecule has 156 valence electrons. The van der Waals surface area contributed by atoms with Crippen LogP contribution in [0, 0.1) is 0 Å². The number of guanidine groups is 1. The van der Waals surface area contributed by atoms with Gasteiger partial charge in [-0.25, -0.2) is 0 Å². The summed E-state index contributed by atoms with van der Waals surface area (Å²) in [6.45, 7) is 4.55. The lowest BCUT2D eigenvalue weighted by atomic mass is 10.2. The summed E-state index contributed by atoms with van der Waals surface area (Å²) >= 11 is 1.85. The number of aliphatic imine (C=N–C) groups is 1. The van der Waals surface area contributed by atoms with Gasteiger partial charge in [0.2, 0.25) is 5.91 Å². The van der Waals surface area contributed by atoms with E-state index in [1.807, 2.05) is 34.9 Å². The molecule has 1 aliphatic heterocycles. The zero-order chi connectivity index (χ0) is 19.8. The summed E-state index contributed by atoms with van der Waals surface area (Å²) in [6, 6.07) is 18.6. The van der Waals surface area contributed by atoms with Crippen LogP contribution in [0.4, 0.5) is 5.69 Å². The second-order valence-electron chi connectivity index (χ2n) is 6.86. The second kappa shape index (κ2) is 12.1. The highest BCUT2D eigenvalue weighted by atomic mass is 127. The van der Waals surface area contributed by atoms with Gasteiger partial charge in [-0.2, -0.15) is 0 Å². The molecule has 1 saturated heterocycles. The number of carbonyl (C=O) groups excluding carboxylic acids is 1. The van der Waals surface area contributed by atoms with Gasteiger partial charge in [-0.3, -0.25) is 9.79 Å². The van der Waals surface area contributed by atoms with Crippen LogP contribution in [-0.4, -0.2) is 37.3 Å². The van der Waals surface area contributed by atoms with Crippen molar-refractivity contribution in [1.29, 1.82) is 0 Å². The third-order valence-electron chi connectivity index (χ3n) is 4.64. The molecule has 1 aliphatic rings. The van der Waals surface area contributed by atoms with E-state index < -0.39 is 0 Å². The van der Waals surface area contributed by atoms with E-state index in [9.17, 15) is 4.79 Å². The third kappa shape index (κ3) is 7.22. The Morgan fingerprint density at radius 3 is 2.48 bits per heavy atom. The Labute approximate surface area is 194 Å². The fourth-order valence-electron chi connectivity index (χ4n) is 3.13. The SMILES string of the molecule is CN=C(NCc1ccc(N2CCCC2=O)cc1)NCC(C)Sc1ccccc1.I. The van der Waals surface area contributed by atoms with Crippen LogP contribution in [0.25, 0.3) is 0 Å². The molecule has 3 rings (SSSR count). The first-order valence-corrected chi connectivity index (χ1v) is 10.6. The topological polar surface area (TPSA) is 56.7 Å². The Morgan fingerprint density at radius 2 is 1.86 bits per heavy atom. The summed E-state index contributed by atoms with van der Waals surface area (Å²) in [6.07, 6.45) is 1.61. The fraction of sp³-hybridized carbons (Fsp3) is 0.364. The van der Waals surface area contributed by atoms with Crippen molar-refractivity contribution in [1.82, 2.24) is 10.6 Å². The molecule has 1 atom stereocenters. The lowest BCUT2D eigenvalue weighted by Crippen LogP contribution is -2.39. The molecule has 7 heteroatoms. The van der Waals surface area contributed by atoms with Crippen molar-refractivity contribution in [2.75, 3.05) is 25.0 Å². The van der Waals surface area contributed by atoms with Gasteiger partial charge in [0.25, 0.3) is 0 Å². The van der Waals surface area contributed by atoms with Gasteiger partial charge in [0.1, 0.15) is 0 Å². The molecule has 1 fully saturated rings. The number of hydrogen-bond acceptors (Lipinski definition) is 3. The molecule has 2 aromatic carbocycles. The number of carbonyl (C=O) groups is 1. The lowest BCUT2D eigenvalue weighted by molar-refractivity contribution is -0.117. The normalized spacial score (nSPS) is 15.0. The maximum atomic E-state index is 11.8. The number of hydrogen-bond donors (Lipinski definition) is 2. The smallest absolute Gasteiger partial charge is 0.227 e. The minimum Gasteiger partial charge on any atom is -0.355 e. The standard InChI is InChI=1S/C22H28N4OS.HI/c1-17(28-20-7-4-3-5-8-20)15-24-22(23-2)25-16-18-10-12-19(13-11-18)26-14-6-9-21(26)27;/h3-5,7-8,10-13,17H,6,9,14-16H2,1-2H3,(H2,23,24,25);1H. The first-order valence-electron chi connectivity index (χ1n) is 9.71. The molecular weight excluding hydrogens is 495 g/mol. The minimum absolute atomic E-state index is 0. The van der Waals surface area contributed by atoms with Crippen molar-refractivity contribution in [3.8, 4) is 0 Å². The zero-order valence-corrected chi connectivity index (χ0v) is 20.1. The van der Waals surface area contributed by atoms with Gasteiger partial charge in [0.15, 0.2) is 5.96 Å². The summed E-state index contributed by atoms with van der Waals surface area (Å²) in [4.78, 5) is 19.3. The van der Waals surface area contributed by atoms with Crippen LogP contribution in [0.2, 0.25) is 0 Å². The average Bonchev–Trinajstić information content (AvgIpc) is 3.15. The first-order chi connectivity index (χ1) is 13.7. The van der Waals surface area contributed by atoms with Crippen molar-refractivity contribution < 1.29 is 4.79 Å². The van der Waals surface area contributed by atoms with Gasteiger partial charge in [0.05, 0.1) is 0 Å². The maximum absolute atomic E-state index is 11.8. The summed E-state index contributed by atoms with van der Waals surface area (Å²) in [5.41, 5.74) is 2.14. The van der Waals surface area contributed by atoms with Crippen molar-refractivity contribution in [2.24, 2.45) is 4.99 Å². The molecule has 2 N–H and O–H groups in total. The van der Waals surface area contributed by atoms with Crippen LogP contribution in [-0.2, 0) is 11.3 Å². The van der Waals surface area contributed by atoms with E-state index in [1.54, 1.807) is 7.05 Å². The fourth-order valence-corrected chi connectivity index (χ4v) is 4.08.